The normalized spacial score (nSPS) is 11.2. The van der Waals surface area contributed by atoms with Crippen molar-refractivity contribution in [2.24, 2.45) is 10.7 Å². The molecular weight excluding hydrogens is 294 g/mol. The molecule has 0 radical (unpaired) electrons. The van der Waals surface area contributed by atoms with Crippen LogP contribution in [0, 0.1) is 0 Å². The fourth-order valence-corrected chi connectivity index (χ4v) is 1.92. The van der Waals surface area contributed by atoms with Gasteiger partial charge in [-0.3, -0.25) is 9.98 Å². The van der Waals surface area contributed by atoms with Crippen molar-refractivity contribution in [3.05, 3.63) is 29.0 Å². The molecule has 0 saturated carbocycles. The minimum atomic E-state index is 0.345. The van der Waals surface area contributed by atoms with Gasteiger partial charge in [0.25, 0.3) is 0 Å². The van der Waals surface area contributed by atoms with Gasteiger partial charge >= 0.3 is 0 Å². The highest BCUT2D eigenvalue weighted by Gasteiger charge is 2.01. The van der Waals surface area contributed by atoms with Gasteiger partial charge in [-0.1, -0.05) is 18.5 Å². The number of hydrogen-bond acceptors (Lipinski definition) is 3. The molecule has 1 aromatic heterocycles. The highest BCUT2D eigenvalue weighted by Crippen LogP contribution is 2.13. The van der Waals surface area contributed by atoms with E-state index in [4.69, 9.17) is 29.6 Å². The summed E-state index contributed by atoms with van der Waals surface area (Å²) in [5.74, 6) is 0.345. The van der Waals surface area contributed by atoms with Gasteiger partial charge in [0, 0.05) is 19.3 Å². The lowest BCUT2D eigenvalue weighted by molar-refractivity contribution is 0.757. The zero-order valence-corrected chi connectivity index (χ0v) is 13.1. The molecule has 0 aliphatic heterocycles. The van der Waals surface area contributed by atoms with E-state index in [1.165, 1.54) is 0 Å². The van der Waals surface area contributed by atoms with Crippen LogP contribution in [-0.2, 0) is 6.42 Å². The Hall–Kier alpha value is -1.40. The Morgan fingerprint density at radius 2 is 2.35 bits per heavy atom. The lowest BCUT2D eigenvalue weighted by atomic mass is 10.2. The first-order valence-electron chi connectivity index (χ1n) is 6.57. The van der Waals surface area contributed by atoms with Gasteiger partial charge < -0.3 is 16.4 Å². The van der Waals surface area contributed by atoms with Crippen LogP contribution in [0.3, 0.4) is 0 Å². The maximum atomic E-state index is 6.03. The number of guanidine groups is 1. The van der Waals surface area contributed by atoms with Crippen molar-refractivity contribution in [1.29, 1.82) is 0 Å². The average Bonchev–Trinajstić information content (AvgIpc) is 2.43. The van der Waals surface area contributed by atoms with Crippen LogP contribution in [0.2, 0.25) is 5.02 Å². The zero-order chi connectivity index (χ0) is 14.8. The van der Waals surface area contributed by atoms with Crippen LogP contribution in [-0.4, -0.2) is 29.1 Å². The van der Waals surface area contributed by atoms with E-state index in [1.54, 1.807) is 6.20 Å². The molecule has 0 bridgehead atoms. The van der Waals surface area contributed by atoms with Crippen LogP contribution in [0.5, 0.6) is 0 Å². The number of nitrogens with one attached hydrogen (secondary N) is 2. The van der Waals surface area contributed by atoms with E-state index in [-0.39, 0.29) is 0 Å². The molecule has 0 atom stereocenters. The molecule has 1 aromatic rings. The summed E-state index contributed by atoms with van der Waals surface area (Å²) in [6, 6.07) is 3.66. The maximum Gasteiger partial charge on any atom is 0.194 e. The van der Waals surface area contributed by atoms with Crippen molar-refractivity contribution in [1.82, 2.24) is 15.6 Å². The molecule has 7 heteroatoms. The maximum absolute atomic E-state index is 6.03. The molecule has 5 nitrogen and oxygen atoms in total. The van der Waals surface area contributed by atoms with Gasteiger partial charge in [0.15, 0.2) is 11.1 Å². The number of hydrogen-bond donors (Lipinski definition) is 3. The number of halogens is 1. The number of nitrogens with two attached hydrogens (primary N) is 1. The summed E-state index contributed by atoms with van der Waals surface area (Å²) in [4.78, 5) is 8.33. The lowest BCUT2D eigenvalue weighted by Gasteiger charge is -2.09. The first-order chi connectivity index (χ1) is 9.63. The van der Waals surface area contributed by atoms with Crippen LogP contribution in [0.15, 0.2) is 23.3 Å². The number of aliphatic imine (C=N–C) groups is 1. The second-order valence-electron chi connectivity index (χ2n) is 4.18. The first kappa shape index (κ1) is 16.7. The SMILES string of the molecule is CCCN=C(N)NC(=S)NCCCc1ncccc1Cl. The van der Waals surface area contributed by atoms with Gasteiger partial charge in [0.1, 0.15) is 0 Å². The van der Waals surface area contributed by atoms with Gasteiger partial charge in [0.05, 0.1) is 10.7 Å². The highest BCUT2D eigenvalue weighted by atomic mass is 35.5. The third-order valence-corrected chi connectivity index (χ3v) is 3.05. The molecule has 0 amide bonds. The Labute approximate surface area is 130 Å². The van der Waals surface area contributed by atoms with Crippen molar-refractivity contribution >= 4 is 34.9 Å². The minimum absolute atomic E-state index is 0.345. The molecule has 1 rings (SSSR count). The molecular formula is C13H20ClN5S. The van der Waals surface area contributed by atoms with E-state index in [9.17, 15) is 0 Å². The summed E-state index contributed by atoms with van der Waals surface area (Å²) in [5.41, 5.74) is 6.56. The van der Waals surface area contributed by atoms with Crippen LogP contribution in [0.25, 0.3) is 0 Å². The summed E-state index contributed by atoms with van der Waals surface area (Å²) in [6.45, 7) is 3.45. The van der Waals surface area contributed by atoms with Crippen molar-refractivity contribution in [3.63, 3.8) is 0 Å². The van der Waals surface area contributed by atoms with Crippen molar-refractivity contribution in [2.75, 3.05) is 13.1 Å². The third kappa shape index (κ3) is 6.68. The Bertz CT molecular complexity index is 464. The van der Waals surface area contributed by atoms with E-state index in [2.05, 4.69) is 20.6 Å². The molecule has 0 aliphatic carbocycles. The van der Waals surface area contributed by atoms with E-state index in [0.29, 0.717) is 22.6 Å². The van der Waals surface area contributed by atoms with E-state index >= 15 is 0 Å². The molecule has 110 valence electrons. The predicted molar refractivity (Wildman–Crippen MR) is 88.1 cm³/mol. The van der Waals surface area contributed by atoms with Crippen LogP contribution in [0.4, 0.5) is 0 Å². The van der Waals surface area contributed by atoms with Crippen LogP contribution in [0.1, 0.15) is 25.5 Å². The van der Waals surface area contributed by atoms with Crippen LogP contribution >= 0.6 is 23.8 Å². The summed E-state index contributed by atoms with van der Waals surface area (Å²) >= 11 is 11.1. The molecule has 0 saturated heterocycles. The smallest absolute Gasteiger partial charge is 0.194 e. The largest absolute Gasteiger partial charge is 0.370 e. The zero-order valence-electron chi connectivity index (χ0n) is 11.5. The molecule has 0 unspecified atom stereocenters. The van der Waals surface area contributed by atoms with Crippen molar-refractivity contribution in [2.45, 2.75) is 26.2 Å². The van der Waals surface area contributed by atoms with Gasteiger partial charge in [-0.25, -0.2) is 0 Å². The number of rotatable bonds is 6. The Balaban J connectivity index is 2.21. The topological polar surface area (TPSA) is 75.3 Å². The third-order valence-electron chi connectivity index (χ3n) is 2.46. The van der Waals surface area contributed by atoms with Gasteiger partial charge in [-0.05, 0) is 43.6 Å². The van der Waals surface area contributed by atoms with Gasteiger partial charge in [-0.2, -0.15) is 0 Å². The monoisotopic (exact) mass is 313 g/mol. The number of thiocarbonyl (C=S) groups is 1. The first-order valence-corrected chi connectivity index (χ1v) is 7.36. The fraction of sp³-hybridized carbons (Fsp3) is 0.462. The fourth-order valence-electron chi connectivity index (χ4n) is 1.49. The van der Waals surface area contributed by atoms with E-state index in [0.717, 1.165) is 31.5 Å². The number of aromatic nitrogens is 1. The van der Waals surface area contributed by atoms with E-state index < -0.39 is 0 Å². The molecule has 0 spiro atoms. The average molecular weight is 314 g/mol. The number of nitrogens with zero attached hydrogens (tertiary/aromatic N) is 2. The summed E-state index contributed by atoms with van der Waals surface area (Å²) < 4.78 is 0. The Kier molecular flexibility index (Phi) is 7.91. The highest BCUT2D eigenvalue weighted by molar-refractivity contribution is 7.80. The molecule has 1 heterocycles. The second kappa shape index (κ2) is 9.50. The molecule has 0 aromatic carbocycles. The number of pyridine rings is 1. The van der Waals surface area contributed by atoms with E-state index in [1.807, 2.05) is 19.1 Å². The standard InChI is InChI=1S/C13H20ClN5S/c1-2-7-17-12(15)19-13(20)18-9-4-6-11-10(14)5-3-8-16-11/h3,5,8H,2,4,6-7,9H2,1H3,(H4,15,17,18,19,20). The van der Waals surface area contributed by atoms with Gasteiger partial charge in [-0.15, -0.1) is 0 Å². The minimum Gasteiger partial charge on any atom is -0.370 e. The molecule has 0 fully saturated rings. The Morgan fingerprint density at radius 3 is 3.05 bits per heavy atom. The predicted octanol–water partition coefficient (Wildman–Crippen LogP) is 1.86. The molecule has 0 aliphatic rings. The van der Waals surface area contributed by atoms with Crippen LogP contribution < -0.4 is 16.4 Å². The Morgan fingerprint density at radius 1 is 1.55 bits per heavy atom. The number of aryl methyl sites for hydroxylation is 1. The second-order valence-corrected chi connectivity index (χ2v) is 5.00. The van der Waals surface area contributed by atoms with Crippen molar-refractivity contribution < 1.29 is 0 Å². The lowest BCUT2D eigenvalue weighted by Crippen LogP contribution is -2.43. The summed E-state index contributed by atoms with van der Waals surface area (Å²) in [5, 5.41) is 7.08. The van der Waals surface area contributed by atoms with Crippen molar-refractivity contribution in [3.8, 4) is 0 Å². The quantitative estimate of drug-likeness (QED) is 0.323. The molecule has 4 N–H and O–H groups in total. The summed E-state index contributed by atoms with van der Waals surface area (Å²) in [7, 11) is 0. The van der Waals surface area contributed by atoms with Gasteiger partial charge in [0.2, 0.25) is 0 Å². The molecule has 20 heavy (non-hydrogen) atoms. The summed E-state index contributed by atoms with van der Waals surface area (Å²) in [6.07, 6.45) is 4.37.